The van der Waals surface area contributed by atoms with Crippen LogP contribution < -0.4 is 24.5 Å². The molecule has 5 N–H and O–H groups in total. The zero-order valence-electron chi connectivity index (χ0n) is 110. The molecule has 0 spiro atoms. The van der Waals surface area contributed by atoms with E-state index in [0.29, 0.717) is 26.7 Å². The first-order valence-corrected chi connectivity index (χ1v) is 33.7. The Hall–Kier alpha value is -13.1. The van der Waals surface area contributed by atoms with Gasteiger partial charge in [-0.25, -0.2) is 82.7 Å². The molecule has 115 heavy (non-hydrogen) atoms. The van der Waals surface area contributed by atoms with Gasteiger partial charge in [-0.2, -0.15) is 0 Å². The van der Waals surface area contributed by atoms with Crippen LogP contribution in [0.2, 0.25) is 0 Å². The van der Waals surface area contributed by atoms with Crippen molar-refractivity contribution in [1.82, 2.24) is 99.3 Å². The minimum Gasteiger partial charge on any atom is -0.354 e. The molecule has 0 radical (unpaired) electrons. The van der Waals surface area contributed by atoms with Gasteiger partial charge >= 0.3 is 29.5 Å². The molecule has 5 amide bonds. The second-order valence-electron chi connectivity index (χ2n) is 24.6. The number of fused-ring (bicyclic) bond motifs is 5. The first-order chi connectivity index (χ1) is 74.2. The molecule has 5 saturated heterocycles. The molecule has 10 atom stereocenters. The van der Waals surface area contributed by atoms with Crippen molar-refractivity contribution in [3.63, 3.8) is 0 Å². The van der Waals surface area contributed by atoms with Gasteiger partial charge in [0.15, 0.2) is 0 Å². The van der Waals surface area contributed by atoms with E-state index >= 15 is 0 Å². The highest BCUT2D eigenvalue weighted by Crippen LogP contribution is 2.35. The molecule has 0 aliphatic carbocycles. The van der Waals surface area contributed by atoms with Crippen molar-refractivity contribution in [3.05, 3.63) is 150 Å². The van der Waals surface area contributed by atoms with Gasteiger partial charge in [0.2, 0.25) is 0 Å². The molecule has 10 aromatic heterocycles. The Labute approximate surface area is 737 Å². The zero-order valence-corrected chi connectivity index (χ0v) is 61.2. The predicted molar refractivity (Wildman–Crippen MR) is 440 cm³/mol. The van der Waals surface area contributed by atoms with Crippen LogP contribution in [0.4, 0.5) is 29.1 Å². The number of carbonyl (C=O) groups is 5. The van der Waals surface area contributed by atoms with Crippen LogP contribution in [0.25, 0.3) is 79.4 Å². The first-order valence-electron chi connectivity index (χ1n) is 58.2. The number of hydrogen-bond acceptors (Lipinski definition) is 20. The molecule has 600 valence electrons. The maximum absolute atomic E-state index is 12.8. The van der Waals surface area contributed by atoms with Crippen molar-refractivity contribution >= 4 is 114 Å². The van der Waals surface area contributed by atoms with Crippen LogP contribution in [0.15, 0.2) is 92.8 Å². The van der Waals surface area contributed by atoms with Crippen molar-refractivity contribution < 1.29 is 91.1 Å². The summed E-state index contributed by atoms with van der Waals surface area (Å²) in [6.45, 7) is -18.7. The molecule has 15 heterocycles. The molecule has 35 nitrogen and oxygen atoms in total. The summed E-state index contributed by atoms with van der Waals surface area (Å²) in [5.41, 5.74) is 0.821. The van der Waals surface area contributed by atoms with E-state index in [2.05, 4.69) is 99.0 Å². The molecule has 5 aliphatic heterocycles. The van der Waals surface area contributed by atoms with E-state index in [1.807, 2.05) is 0 Å². The first kappa shape index (κ1) is 40.1. The van der Waals surface area contributed by atoms with Gasteiger partial charge in [-0.15, -0.1) is 0 Å². The lowest BCUT2D eigenvalue weighted by atomic mass is 9.92. The normalized spacial score (nSPS) is 35.3. The van der Waals surface area contributed by atoms with Crippen molar-refractivity contribution in [2.45, 2.75) is 96.7 Å². The molecular weight excluding hydrogens is 1460 g/mol. The number of hydrogen-bond donors (Lipinski definition) is 5. The van der Waals surface area contributed by atoms with Gasteiger partial charge in [0.05, 0.1) is 73.5 Å². The monoisotopic (exact) mass is 1610 g/mol. The van der Waals surface area contributed by atoms with Gasteiger partial charge < -0.3 is 98.1 Å². The van der Waals surface area contributed by atoms with Crippen molar-refractivity contribution in [3.8, 4) is 0 Å². The van der Waals surface area contributed by atoms with Gasteiger partial charge in [0.25, 0.3) is 32.5 Å². The number of aromatic amines is 5. The van der Waals surface area contributed by atoms with Crippen LogP contribution in [0.5, 0.6) is 0 Å². The second kappa shape index (κ2) is 38.4. The molecule has 10 aromatic rings. The highest BCUT2D eigenvalue weighted by molar-refractivity contribution is 5.91. The number of nitrogens with zero attached hydrogens (tertiary/aromatic N) is 25. The van der Waals surface area contributed by atoms with E-state index in [0.717, 1.165) is 16.7 Å². The van der Waals surface area contributed by atoms with Crippen LogP contribution in [-0.2, 0) is 24.0 Å². The molecule has 35 heteroatoms. The summed E-state index contributed by atoms with van der Waals surface area (Å²) >= 11 is 0. The molecular formula is C80H100N30O5. The Bertz CT molecular complexity index is 7640. The van der Waals surface area contributed by atoms with Crippen molar-refractivity contribution in [2.75, 3.05) is 157 Å². The summed E-state index contributed by atoms with van der Waals surface area (Å²) in [4.78, 5) is 134. The van der Waals surface area contributed by atoms with E-state index in [1.54, 1.807) is 19.2 Å². The third kappa shape index (κ3) is 19.2. The molecule has 15 rings (SSSR count). The van der Waals surface area contributed by atoms with Gasteiger partial charge in [0.1, 0.15) is 107 Å². The van der Waals surface area contributed by atoms with Crippen LogP contribution in [0.3, 0.4) is 0 Å². The summed E-state index contributed by atoms with van der Waals surface area (Å²) in [6.07, 6.45) is 0.688. The average Bonchev–Trinajstić information content (AvgIpc) is 0.698. The minimum absolute atomic E-state index is 0.0153. The number of likely N-dealkylation sites (tertiary alicyclic amines) is 5. The lowest BCUT2D eigenvalue weighted by molar-refractivity contribution is -0.131. The quantitative estimate of drug-likeness (QED) is 0.0612. The minimum atomic E-state index is -3.84. The Morgan fingerprint density at radius 1 is 0.409 bits per heavy atom. The SMILES string of the molecule is [2H]c1nc(N(C([2H])([2H])[2H])[C@@]2([2H])C([2H])([2H])N(C(=O)C[N+]#[C-])C([2H])([2H])C[C@@]2([2H])C([2H])([2H])[2H])c2cc[nH]c2n1.[2H]c1nc(N(C)[C@@H]2[C@H](C([2H])([2H])[2H])CC([2H])([2H])N(C(=O)C([2H])([2H])[N+]#[C-])C2([2H])[2H])c2cc[nH]c2n1.[2H]c1nc(N(C)[C@@H]2[C@H](C)CC([2H])([2H])N(C(=O)C([2H])([2H])[N+]#[C-])C2([2H])[2H])c2cc[nH]c2n1.[2H]c1nc(N(C)[C@@]2([2H])C([2H])([2H])N(C(=O)C([2H])([2H])[N+]#[C-])C([2H])([2H])C[C@@]2([2H])C)c2cc[nH]c2n1.[2H]c1nc(N([C@@H]2[C@H](C)CC([2H])([2H])N(C(=O)C([2H])([2H])[N+]#[C-])C2([2H])[2H])C([2H])([2H])[2H])c2cc[nH]c2n1. The van der Waals surface area contributed by atoms with Gasteiger partial charge in [0, 0.05) is 164 Å². The van der Waals surface area contributed by atoms with E-state index < -0.39 is 271 Å². The number of carbonyl (C=O) groups excluding carboxylic acids is 5. The lowest BCUT2D eigenvalue weighted by Crippen LogP contribution is -2.53. The third-order valence-corrected chi connectivity index (χ3v) is 17.3. The number of anilines is 5. The number of aromatic nitrogens is 15. The fourth-order valence-electron chi connectivity index (χ4n) is 11.6. The van der Waals surface area contributed by atoms with Crippen LogP contribution in [-0.4, -0.2) is 292 Å². The largest absolute Gasteiger partial charge is 0.354 e. The molecule has 5 aliphatic rings. The number of piperidine rings is 5. The van der Waals surface area contributed by atoms with E-state index in [4.69, 9.17) is 98.7 Å². The van der Waals surface area contributed by atoms with E-state index in [-0.39, 0.29) is 98.8 Å². The van der Waals surface area contributed by atoms with Crippen LogP contribution in [0.1, 0.15) is 134 Å². The smallest absolute Gasteiger partial charge is 0.302 e. The lowest BCUT2D eigenvalue weighted by Gasteiger charge is -2.41. The highest BCUT2D eigenvalue weighted by Gasteiger charge is 2.39. The molecule has 0 unspecified atom stereocenters. The summed E-state index contributed by atoms with van der Waals surface area (Å²) in [5, 5.41) is 1.14. The summed E-state index contributed by atoms with van der Waals surface area (Å²) in [6, 6.07) is -3.79. The fourth-order valence-corrected chi connectivity index (χ4v) is 11.6. The number of amides is 5. The summed E-state index contributed by atoms with van der Waals surface area (Å²) in [7, 11) is 4.03. The van der Waals surface area contributed by atoms with Crippen LogP contribution in [0, 0.1) is 62.4 Å². The standard InChI is InChI=1S/5C16H20N6O/c5*1-11-5-7-22(14(23)8-17-2)9-13(11)21(3)16-12-4-6-18-15(12)19-10-20-16/h5*4,6,10-11,13H,5,7-9H2,1,3H3,(H,18,19,20)/t5*11-,13+/m11111/s1/i1D3,3D3,7D2,9D2,10D,11D,13D;7D2,8D2,9D2,10D,11D,13D;3D3,7D2,8D2,9D2,10D;1D3,7D2,8D2,9D2,10D;7D2,8D2,9D2,10D. The van der Waals surface area contributed by atoms with E-state index in [9.17, 15) is 25.3 Å². The average molecular weight is 1610 g/mol. The fraction of sp³-hybridized carbons (Fsp3) is 0.500. The Kier molecular flexibility index (Phi) is 13.4. The Morgan fingerprint density at radius 3 is 1.05 bits per heavy atom. The summed E-state index contributed by atoms with van der Waals surface area (Å²) in [5.74, 6) is -18.4. The molecule has 0 aromatic carbocycles. The molecule has 0 saturated carbocycles. The second-order valence-corrected chi connectivity index (χ2v) is 24.6. The summed E-state index contributed by atoms with van der Waals surface area (Å²) < 4.78 is 401. The number of likely N-dealkylation sites (N-methyl/N-ethyl adjacent to an activating group) is 5. The van der Waals surface area contributed by atoms with Crippen molar-refractivity contribution in [2.24, 2.45) is 29.5 Å². The highest BCUT2D eigenvalue weighted by atomic mass is 16.2. The van der Waals surface area contributed by atoms with Crippen LogP contribution >= 0.6 is 0 Å². The predicted octanol–water partition coefficient (Wildman–Crippen LogP) is 7.75. The third-order valence-electron chi connectivity index (χ3n) is 17.3. The van der Waals surface area contributed by atoms with E-state index in [1.165, 1.54) is 82.0 Å². The Morgan fingerprint density at radius 2 is 0.704 bits per heavy atom. The Balaban J connectivity index is 0.000000193. The number of nitrogens with one attached hydrogen (secondary N) is 5. The van der Waals surface area contributed by atoms with Gasteiger partial charge in [-0.05, 0) is 92.0 Å². The maximum Gasteiger partial charge on any atom is 0.302 e. The zero-order chi connectivity index (χ0) is 125. The van der Waals surface area contributed by atoms with Gasteiger partial charge in [-0.1, -0.05) is 34.5 Å². The molecule has 0 bridgehead atoms. The topological polar surface area (TPSA) is 347 Å². The maximum atomic E-state index is 12.8. The number of H-pyrrole nitrogens is 5. The van der Waals surface area contributed by atoms with Crippen molar-refractivity contribution in [1.29, 1.82) is 0 Å². The van der Waals surface area contributed by atoms with Gasteiger partial charge in [-0.3, -0.25) is 24.0 Å². The number of rotatable bonds is 15. The molecule has 5 fully saturated rings.